The first-order valence-electron chi connectivity index (χ1n) is 6.23. The third kappa shape index (κ3) is 2.90. The number of nitro groups is 1. The maximum Gasteiger partial charge on any atom is 0.270 e. The van der Waals surface area contributed by atoms with Gasteiger partial charge in [0, 0.05) is 37.3 Å². The van der Waals surface area contributed by atoms with Gasteiger partial charge in [0.15, 0.2) is 0 Å². The average molecular weight is 263 g/mol. The second-order valence-electron chi connectivity index (χ2n) is 4.88. The van der Waals surface area contributed by atoms with Crippen LogP contribution in [0.5, 0.6) is 0 Å². The van der Waals surface area contributed by atoms with Crippen molar-refractivity contribution in [2.24, 2.45) is 0 Å². The number of carbonyl (C=O) groups excluding carboxylic acids is 1. The number of nitrogens with zero attached hydrogens (tertiary/aromatic N) is 2. The van der Waals surface area contributed by atoms with E-state index >= 15 is 0 Å². The Morgan fingerprint density at radius 2 is 2.21 bits per heavy atom. The number of non-ortho nitro benzene ring substituents is 1. The summed E-state index contributed by atoms with van der Waals surface area (Å²) >= 11 is 0. The van der Waals surface area contributed by atoms with Gasteiger partial charge in [0.1, 0.15) is 0 Å². The van der Waals surface area contributed by atoms with E-state index in [-0.39, 0.29) is 17.6 Å². The number of likely N-dealkylation sites (N-methyl/N-ethyl adjacent to an activating group) is 1. The van der Waals surface area contributed by atoms with Crippen LogP contribution in [0.3, 0.4) is 0 Å². The van der Waals surface area contributed by atoms with Crippen LogP contribution < -0.4 is 5.32 Å². The second-order valence-corrected chi connectivity index (χ2v) is 4.88. The molecule has 0 aliphatic carbocycles. The highest BCUT2D eigenvalue weighted by Crippen LogP contribution is 2.19. The molecule has 1 N–H and O–H groups in total. The molecule has 1 heterocycles. The van der Waals surface area contributed by atoms with Gasteiger partial charge in [0.25, 0.3) is 11.6 Å². The molecule has 6 nitrogen and oxygen atoms in total. The fraction of sp³-hybridized carbons (Fsp3) is 0.462. The second kappa shape index (κ2) is 5.36. The Labute approximate surface area is 111 Å². The summed E-state index contributed by atoms with van der Waals surface area (Å²) in [6.07, 6.45) is 0.913. The van der Waals surface area contributed by atoms with E-state index in [0.717, 1.165) is 25.1 Å². The number of nitrogens with one attached hydrogen (secondary N) is 1. The van der Waals surface area contributed by atoms with Crippen LogP contribution in [0.2, 0.25) is 0 Å². The summed E-state index contributed by atoms with van der Waals surface area (Å²) in [7, 11) is 1.74. The summed E-state index contributed by atoms with van der Waals surface area (Å²) in [6.45, 7) is 3.42. The molecule has 0 saturated carbocycles. The van der Waals surface area contributed by atoms with Crippen molar-refractivity contribution in [3.8, 4) is 0 Å². The van der Waals surface area contributed by atoms with Gasteiger partial charge >= 0.3 is 0 Å². The minimum absolute atomic E-state index is 0.0405. The molecule has 0 radical (unpaired) electrons. The van der Waals surface area contributed by atoms with Crippen LogP contribution in [0.25, 0.3) is 0 Å². The predicted molar refractivity (Wildman–Crippen MR) is 71.2 cm³/mol. The molecule has 6 heteroatoms. The van der Waals surface area contributed by atoms with Crippen molar-refractivity contribution in [1.29, 1.82) is 0 Å². The molecule has 1 saturated heterocycles. The maximum atomic E-state index is 12.3. The minimum atomic E-state index is -0.471. The number of benzene rings is 1. The van der Waals surface area contributed by atoms with Crippen LogP contribution in [0.15, 0.2) is 18.2 Å². The van der Waals surface area contributed by atoms with Crippen molar-refractivity contribution >= 4 is 11.6 Å². The van der Waals surface area contributed by atoms with Crippen LogP contribution in [-0.2, 0) is 0 Å². The van der Waals surface area contributed by atoms with Crippen molar-refractivity contribution in [3.05, 3.63) is 39.4 Å². The zero-order valence-electron chi connectivity index (χ0n) is 11.0. The Hall–Kier alpha value is -1.95. The first kappa shape index (κ1) is 13.5. The predicted octanol–water partition coefficient (Wildman–Crippen LogP) is 1.34. The largest absolute Gasteiger partial charge is 0.337 e. The first-order chi connectivity index (χ1) is 8.99. The third-order valence-corrected chi connectivity index (χ3v) is 3.42. The number of aryl methyl sites for hydroxylation is 1. The summed E-state index contributed by atoms with van der Waals surface area (Å²) in [5.74, 6) is -0.166. The van der Waals surface area contributed by atoms with E-state index in [1.807, 2.05) is 0 Å². The molecule has 1 aromatic rings. The molecule has 19 heavy (non-hydrogen) atoms. The number of amides is 1. The van der Waals surface area contributed by atoms with E-state index in [0.29, 0.717) is 5.56 Å². The lowest BCUT2D eigenvalue weighted by atomic mass is 10.1. The normalized spacial score (nSPS) is 18.3. The summed E-state index contributed by atoms with van der Waals surface area (Å²) < 4.78 is 0. The third-order valence-electron chi connectivity index (χ3n) is 3.42. The van der Waals surface area contributed by atoms with Gasteiger partial charge in [-0.3, -0.25) is 14.9 Å². The standard InChI is InChI=1S/C13H17N3O3/c1-9-5-10(7-12(6-9)16(18)19)13(17)15(2)11-3-4-14-8-11/h5-7,11,14H,3-4,8H2,1-2H3. The summed E-state index contributed by atoms with van der Waals surface area (Å²) in [6, 6.07) is 4.66. The highest BCUT2D eigenvalue weighted by atomic mass is 16.6. The van der Waals surface area contributed by atoms with E-state index in [9.17, 15) is 14.9 Å². The van der Waals surface area contributed by atoms with Crippen LogP contribution in [0.4, 0.5) is 5.69 Å². The molecule has 1 aromatic carbocycles. The number of carbonyl (C=O) groups is 1. The lowest BCUT2D eigenvalue weighted by Crippen LogP contribution is -2.38. The van der Waals surface area contributed by atoms with E-state index in [1.165, 1.54) is 12.1 Å². The molecule has 0 bridgehead atoms. The Bertz CT molecular complexity index is 510. The Morgan fingerprint density at radius 1 is 1.47 bits per heavy atom. The fourth-order valence-corrected chi connectivity index (χ4v) is 2.33. The van der Waals surface area contributed by atoms with Gasteiger partial charge in [-0.05, 0) is 31.5 Å². The Kier molecular flexibility index (Phi) is 3.80. The molecule has 1 amide bonds. The molecule has 102 valence electrons. The summed E-state index contributed by atoms with van der Waals surface area (Å²) in [5, 5.41) is 14.0. The SMILES string of the molecule is Cc1cc(C(=O)N(C)C2CCNC2)cc([N+](=O)[O-])c1. The Morgan fingerprint density at radius 3 is 2.79 bits per heavy atom. The zero-order chi connectivity index (χ0) is 14.0. The highest BCUT2D eigenvalue weighted by Gasteiger charge is 2.25. The van der Waals surface area contributed by atoms with E-state index in [2.05, 4.69) is 5.32 Å². The average Bonchev–Trinajstić information content (AvgIpc) is 2.90. The molecular formula is C13H17N3O3. The molecule has 0 spiro atoms. The van der Waals surface area contributed by atoms with Crippen molar-refractivity contribution in [1.82, 2.24) is 10.2 Å². The highest BCUT2D eigenvalue weighted by molar-refractivity contribution is 5.95. The molecule has 1 unspecified atom stereocenters. The van der Waals surface area contributed by atoms with Crippen molar-refractivity contribution in [2.75, 3.05) is 20.1 Å². The van der Waals surface area contributed by atoms with Gasteiger partial charge in [0.2, 0.25) is 0 Å². The minimum Gasteiger partial charge on any atom is -0.337 e. The van der Waals surface area contributed by atoms with E-state index in [1.54, 1.807) is 24.9 Å². The molecule has 1 fully saturated rings. The van der Waals surface area contributed by atoms with Crippen LogP contribution >= 0.6 is 0 Å². The maximum absolute atomic E-state index is 12.3. The molecule has 2 rings (SSSR count). The molecular weight excluding hydrogens is 246 g/mol. The van der Waals surface area contributed by atoms with Crippen molar-refractivity contribution in [2.45, 2.75) is 19.4 Å². The zero-order valence-corrected chi connectivity index (χ0v) is 11.0. The van der Waals surface area contributed by atoms with Gasteiger partial charge < -0.3 is 10.2 Å². The molecule has 1 atom stereocenters. The smallest absolute Gasteiger partial charge is 0.270 e. The van der Waals surface area contributed by atoms with Crippen LogP contribution in [-0.4, -0.2) is 41.9 Å². The fourth-order valence-electron chi connectivity index (χ4n) is 2.33. The van der Waals surface area contributed by atoms with Gasteiger partial charge in [-0.25, -0.2) is 0 Å². The van der Waals surface area contributed by atoms with Gasteiger partial charge in [0.05, 0.1) is 4.92 Å². The number of nitro benzene ring substituents is 1. The summed E-state index contributed by atoms with van der Waals surface area (Å²) in [5.41, 5.74) is 1.05. The Balaban J connectivity index is 2.25. The number of hydrogen-bond acceptors (Lipinski definition) is 4. The topological polar surface area (TPSA) is 75.5 Å². The summed E-state index contributed by atoms with van der Waals surface area (Å²) in [4.78, 5) is 24.4. The van der Waals surface area contributed by atoms with Crippen molar-refractivity contribution < 1.29 is 9.72 Å². The van der Waals surface area contributed by atoms with Gasteiger partial charge in [-0.1, -0.05) is 0 Å². The lowest BCUT2D eigenvalue weighted by Gasteiger charge is -2.23. The quantitative estimate of drug-likeness (QED) is 0.659. The van der Waals surface area contributed by atoms with Crippen LogP contribution in [0.1, 0.15) is 22.3 Å². The number of hydrogen-bond donors (Lipinski definition) is 1. The van der Waals surface area contributed by atoms with E-state index in [4.69, 9.17) is 0 Å². The molecule has 0 aromatic heterocycles. The van der Waals surface area contributed by atoms with Crippen LogP contribution in [0, 0.1) is 17.0 Å². The first-order valence-corrected chi connectivity index (χ1v) is 6.23. The molecule has 1 aliphatic rings. The van der Waals surface area contributed by atoms with Gasteiger partial charge in [-0.2, -0.15) is 0 Å². The monoisotopic (exact) mass is 263 g/mol. The van der Waals surface area contributed by atoms with E-state index < -0.39 is 4.92 Å². The number of rotatable bonds is 3. The molecule has 1 aliphatic heterocycles. The lowest BCUT2D eigenvalue weighted by molar-refractivity contribution is -0.384. The van der Waals surface area contributed by atoms with Gasteiger partial charge in [-0.15, -0.1) is 0 Å². The van der Waals surface area contributed by atoms with Crippen molar-refractivity contribution in [3.63, 3.8) is 0 Å².